The van der Waals surface area contributed by atoms with E-state index in [4.69, 9.17) is 4.42 Å². The molecule has 1 amide bonds. The molecule has 1 aliphatic rings. The lowest BCUT2D eigenvalue weighted by molar-refractivity contribution is -0.402. The molecule has 0 aliphatic carbocycles. The molecule has 2 heterocycles. The fourth-order valence-electron chi connectivity index (χ4n) is 2.38. The Kier molecular flexibility index (Phi) is 3.76. The van der Waals surface area contributed by atoms with Crippen LogP contribution in [0.25, 0.3) is 6.08 Å². The van der Waals surface area contributed by atoms with Crippen molar-refractivity contribution in [2.75, 3.05) is 5.01 Å². The quantitative estimate of drug-likeness (QED) is 0.490. The van der Waals surface area contributed by atoms with Crippen molar-refractivity contribution in [3.63, 3.8) is 0 Å². The van der Waals surface area contributed by atoms with Crippen LogP contribution < -0.4 is 5.01 Å². The molecule has 1 aliphatic heterocycles. The molecule has 0 fully saturated rings. The second-order valence-electron chi connectivity index (χ2n) is 5.56. The number of hydrazone groups is 1. The van der Waals surface area contributed by atoms with Crippen molar-refractivity contribution in [1.82, 2.24) is 0 Å². The van der Waals surface area contributed by atoms with E-state index in [2.05, 4.69) is 5.10 Å². The summed E-state index contributed by atoms with van der Waals surface area (Å²) in [5.74, 6) is -0.427. The van der Waals surface area contributed by atoms with E-state index in [1.807, 2.05) is 32.0 Å². The average molecular weight is 325 g/mol. The molecule has 0 saturated heterocycles. The summed E-state index contributed by atoms with van der Waals surface area (Å²) in [6, 6.07) is 8.35. The Bertz CT molecular complexity index is 908. The third kappa shape index (κ3) is 2.71. The Hall–Kier alpha value is -3.22. The average Bonchev–Trinajstić information content (AvgIpc) is 3.11. The van der Waals surface area contributed by atoms with Gasteiger partial charge in [-0.25, -0.2) is 0 Å². The summed E-state index contributed by atoms with van der Waals surface area (Å²) < 4.78 is 5.08. The van der Waals surface area contributed by atoms with Gasteiger partial charge in [-0.1, -0.05) is 6.07 Å². The van der Waals surface area contributed by atoms with Gasteiger partial charge in [0.05, 0.1) is 23.0 Å². The van der Waals surface area contributed by atoms with Crippen LogP contribution in [0.4, 0.5) is 11.6 Å². The van der Waals surface area contributed by atoms with Crippen LogP contribution in [-0.4, -0.2) is 16.5 Å². The van der Waals surface area contributed by atoms with E-state index in [0.717, 1.165) is 11.1 Å². The first-order chi connectivity index (χ1) is 11.4. The highest BCUT2D eigenvalue weighted by Crippen LogP contribution is 2.27. The van der Waals surface area contributed by atoms with Crippen LogP contribution in [0, 0.1) is 24.0 Å². The van der Waals surface area contributed by atoms with Crippen molar-refractivity contribution in [2.24, 2.45) is 5.10 Å². The Morgan fingerprint density at radius 3 is 2.54 bits per heavy atom. The normalized spacial score (nSPS) is 16.0. The molecule has 24 heavy (non-hydrogen) atoms. The van der Waals surface area contributed by atoms with Crippen molar-refractivity contribution in [2.45, 2.75) is 20.8 Å². The number of nitro groups is 1. The zero-order valence-corrected chi connectivity index (χ0v) is 13.4. The van der Waals surface area contributed by atoms with Crippen molar-refractivity contribution < 1.29 is 14.1 Å². The lowest BCUT2D eigenvalue weighted by atomic mass is 10.1. The molecule has 0 spiro atoms. The molecule has 0 saturated carbocycles. The predicted octanol–water partition coefficient (Wildman–Crippen LogP) is 3.61. The maximum Gasteiger partial charge on any atom is 0.433 e. The second-order valence-corrected chi connectivity index (χ2v) is 5.56. The third-order valence-corrected chi connectivity index (χ3v) is 3.88. The van der Waals surface area contributed by atoms with Crippen molar-refractivity contribution in [3.05, 3.63) is 62.9 Å². The summed E-state index contributed by atoms with van der Waals surface area (Å²) in [6.45, 7) is 5.67. The highest BCUT2D eigenvalue weighted by atomic mass is 16.6. The summed E-state index contributed by atoms with van der Waals surface area (Å²) in [4.78, 5) is 22.7. The molecule has 3 rings (SSSR count). The smallest absolute Gasteiger partial charge is 0.401 e. The second kappa shape index (κ2) is 5.77. The van der Waals surface area contributed by atoms with Gasteiger partial charge in [-0.15, -0.1) is 0 Å². The molecule has 0 atom stereocenters. The number of hydrogen-bond donors (Lipinski definition) is 0. The molecule has 7 heteroatoms. The lowest BCUT2D eigenvalue weighted by Gasteiger charge is -2.13. The summed E-state index contributed by atoms with van der Waals surface area (Å²) >= 11 is 0. The Morgan fingerprint density at radius 1 is 1.17 bits per heavy atom. The number of hydrogen-bond acceptors (Lipinski definition) is 5. The van der Waals surface area contributed by atoms with Gasteiger partial charge in [-0.2, -0.15) is 10.1 Å². The van der Waals surface area contributed by atoms with Gasteiger partial charge < -0.3 is 4.42 Å². The topological polar surface area (TPSA) is 89.0 Å². The van der Waals surface area contributed by atoms with E-state index >= 15 is 0 Å². The first-order valence-corrected chi connectivity index (χ1v) is 7.30. The van der Waals surface area contributed by atoms with Crippen LogP contribution in [-0.2, 0) is 4.79 Å². The lowest BCUT2D eigenvalue weighted by Crippen LogP contribution is -2.21. The summed E-state index contributed by atoms with van der Waals surface area (Å²) in [5.41, 5.74) is 3.74. The molecule has 1 aromatic heterocycles. The third-order valence-electron chi connectivity index (χ3n) is 3.88. The van der Waals surface area contributed by atoms with Gasteiger partial charge in [0.2, 0.25) is 0 Å². The first-order valence-electron chi connectivity index (χ1n) is 7.30. The van der Waals surface area contributed by atoms with Gasteiger partial charge in [0.25, 0.3) is 5.91 Å². The fraction of sp³-hybridized carbons (Fsp3) is 0.176. The van der Waals surface area contributed by atoms with Gasteiger partial charge in [0.15, 0.2) is 0 Å². The molecule has 1 aromatic carbocycles. The van der Waals surface area contributed by atoms with E-state index < -0.39 is 4.92 Å². The number of furan rings is 1. The van der Waals surface area contributed by atoms with Crippen LogP contribution in [0.3, 0.4) is 0 Å². The Balaban J connectivity index is 1.93. The minimum atomic E-state index is -0.624. The standard InChI is InChI=1S/C17H15N3O4/c1-10-4-5-13(8-11(10)2)19-17(21)15(12(3)18-19)9-14-6-7-16(24-14)20(22)23/h4-9H,1-3H3/b15-9+. The number of anilines is 1. The van der Waals surface area contributed by atoms with Gasteiger partial charge in [0, 0.05) is 0 Å². The summed E-state index contributed by atoms with van der Waals surface area (Å²) in [6.07, 6.45) is 1.47. The van der Waals surface area contributed by atoms with Crippen LogP contribution in [0.1, 0.15) is 23.8 Å². The van der Waals surface area contributed by atoms with Crippen LogP contribution >= 0.6 is 0 Å². The molecular weight excluding hydrogens is 310 g/mol. The highest BCUT2D eigenvalue weighted by Gasteiger charge is 2.29. The molecule has 0 radical (unpaired) electrons. The summed E-state index contributed by atoms with van der Waals surface area (Å²) in [5, 5.41) is 16.3. The van der Waals surface area contributed by atoms with Gasteiger partial charge >= 0.3 is 5.88 Å². The molecule has 2 aromatic rings. The number of carbonyl (C=O) groups excluding carboxylic acids is 1. The van der Waals surface area contributed by atoms with Crippen molar-refractivity contribution >= 4 is 29.3 Å². The highest BCUT2D eigenvalue weighted by molar-refractivity contribution is 6.32. The monoisotopic (exact) mass is 325 g/mol. The van der Waals surface area contributed by atoms with E-state index in [1.54, 1.807) is 6.92 Å². The largest absolute Gasteiger partial charge is 0.433 e. The van der Waals surface area contributed by atoms with E-state index in [-0.39, 0.29) is 17.6 Å². The number of carbonyl (C=O) groups is 1. The molecule has 0 N–H and O–H groups in total. The van der Waals surface area contributed by atoms with Crippen LogP contribution in [0.5, 0.6) is 0 Å². The van der Waals surface area contributed by atoms with E-state index in [0.29, 0.717) is 17.0 Å². The minimum Gasteiger partial charge on any atom is -0.401 e. The minimum absolute atomic E-state index is 0.238. The fourth-order valence-corrected chi connectivity index (χ4v) is 2.38. The SMILES string of the molecule is CC1=NN(c2ccc(C)c(C)c2)C(=O)/C1=C/c1ccc([N+](=O)[O-])o1. The molecule has 122 valence electrons. The zero-order valence-electron chi connectivity index (χ0n) is 13.4. The van der Waals surface area contributed by atoms with Gasteiger partial charge in [0.1, 0.15) is 10.7 Å². The number of amides is 1. The van der Waals surface area contributed by atoms with Crippen molar-refractivity contribution in [1.29, 1.82) is 0 Å². The predicted molar refractivity (Wildman–Crippen MR) is 89.9 cm³/mol. The number of rotatable bonds is 3. The van der Waals surface area contributed by atoms with E-state index in [9.17, 15) is 14.9 Å². The first kappa shape index (κ1) is 15.7. The van der Waals surface area contributed by atoms with Gasteiger partial charge in [-0.3, -0.25) is 14.9 Å². The molecule has 0 unspecified atom stereocenters. The number of nitrogens with zero attached hydrogens (tertiary/aromatic N) is 3. The molecule has 7 nitrogen and oxygen atoms in total. The number of benzene rings is 1. The Morgan fingerprint density at radius 2 is 1.92 bits per heavy atom. The van der Waals surface area contributed by atoms with Crippen molar-refractivity contribution in [3.8, 4) is 0 Å². The Labute approximate surface area is 138 Å². The van der Waals surface area contributed by atoms with Gasteiger partial charge in [-0.05, 0) is 56.2 Å². The number of aryl methyl sites for hydroxylation is 2. The van der Waals surface area contributed by atoms with E-state index in [1.165, 1.54) is 23.2 Å². The molecule has 0 bridgehead atoms. The zero-order chi connectivity index (χ0) is 17.4. The summed E-state index contributed by atoms with van der Waals surface area (Å²) in [7, 11) is 0. The molecular formula is C17H15N3O4. The maximum absolute atomic E-state index is 12.6. The maximum atomic E-state index is 12.6. The van der Waals surface area contributed by atoms with Crippen LogP contribution in [0.2, 0.25) is 0 Å². The van der Waals surface area contributed by atoms with Crippen LogP contribution in [0.15, 0.2) is 45.4 Å².